The molecule has 0 aliphatic heterocycles. The summed E-state index contributed by atoms with van der Waals surface area (Å²) in [4.78, 5) is 24.1. The Balaban J connectivity index is 1.63. The Morgan fingerprint density at radius 1 is 1.00 bits per heavy atom. The molecule has 0 heterocycles. The van der Waals surface area contributed by atoms with Gasteiger partial charge in [-0.05, 0) is 35.9 Å². The molecule has 0 atom stereocenters. The van der Waals surface area contributed by atoms with Gasteiger partial charge in [0.05, 0.1) is 21.9 Å². The van der Waals surface area contributed by atoms with Crippen LogP contribution in [0.25, 0.3) is 0 Å². The minimum atomic E-state index is -0.964. The van der Waals surface area contributed by atoms with E-state index in [-0.39, 0.29) is 15.7 Å². The zero-order valence-corrected chi connectivity index (χ0v) is 19.0. The molecule has 6 nitrogen and oxygen atoms in total. The molecular weight excluding hydrogens is 505 g/mol. The molecule has 0 saturated carbocycles. The van der Waals surface area contributed by atoms with Crippen LogP contribution in [0.15, 0.2) is 76.3 Å². The third-order valence-corrected chi connectivity index (χ3v) is 5.30. The molecule has 0 aliphatic rings. The first-order valence-electron chi connectivity index (χ1n) is 8.98. The van der Waals surface area contributed by atoms with Gasteiger partial charge in [-0.25, -0.2) is 5.43 Å². The lowest BCUT2D eigenvalue weighted by Gasteiger charge is -2.10. The summed E-state index contributed by atoms with van der Waals surface area (Å²) in [6.07, 6.45) is 1.39. The molecule has 0 fully saturated rings. The molecule has 3 aromatic carbocycles. The highest BCUT2D eigenvalue weighted by atomic mass is 79.9. The van der Waals surface area contributed by atoms with E-state index < -0.39 is 11.8 Å². The monoisotopic (exact) mass is 519 g/mol. The van der Waals surface area contributed by atoms with Crippen LogP contribution in [0.3, 0.4) is 0 Å². The van der Waals surface area contributed by atoms with Crippen molar-refractivity contribution < 1.29 is 14.3 Å². The summed E-state index contributed by atoms with van der Waals surface area (Å²) in [5, 5.41) is 6.64. The maximum atomic E-state index is 12.1. The smallest absolute Gasteiger partial charge is 0.329 e. The van der Waals surface area contributed by atoms with Gasteiger partial charge >= 0.3 is 11.8 Å². The van der Waals surface area contributed by atoms with Crippen LogP contribution in [0.5, 0.6) is 5.75 Å². The van der Waals surface area contributed by atoms with Crippen molar-refractivity contribution in [2.45, 2.75) is 6.61 Å². The van der Waals surface area contributed by atoms with Crippen LogP contribution >= 0.6 is 39.1 Å². The number of nitrogens with one attached hydrogen (secondary N) is 2. The second-order valence-electron chi connectivity index (χ2n) is 6.21. The van der Waals surface area contributed by atoms with Crippen molar-refractivity contribution in [1.29, 1.82) is 0 Å². The summed E-state index contributed by atoms with van der Waals surface area (Å²) < 4.78 is 6.66. The summed E-state index contributed by atoms with van der Waals surface area (Å²) in [6.45, 7) is 0.373. The number of hydrogen-bond donors (Lipinski definition) is 2. The zero-order valence-electron chi connectivity index (χ0n) is 15.9. The number of carbonyl (C=O) groups excluding carboxylic acids is 2. The molecule has 9 heteroatoms. The predicted molar refractivity (Wildman–Crippen MR) is 126 cm³/mol. The molecule has 0 aliphatic carbocycles. The Kier molecular flexibility index (Phi) is 8.06. The normalized spacial score (nSPS) is 10.7. The summed E-state index contributed by atoms with van der Waals surface area (Å²) in [5.41, 5.74) is 4.03. The molecule has 31 heavy (non-hydrogen) atoms. The Labute approximate surface area is 197 Å². The number of carbonyl (C=O) groups is 2. The molecule has 0 bridgehead atoms. The van der Waals surface area contributed by atoms with Gasteiger partial charge in [-0.3, -0.25) is 9.59 Å². The molecule has 3 aromatic rings. The van der Waals surface area contributed by atoms with Gasteiger partial charge in [-0.15, -0.1) is 0 Å². The lowest BCUT2D eigenvalue weighted by Crippen LogP contribution is -2.32. The van der Waals surface area contributed by atoms with Gasteiger partial charge in [-0.1, -0.05) is 75.5 Å². The van der Waals surface area contributed by atoms with Gasteiger partial charge in [0.25, 0.3) is 0 Å². The number of rotatable bonds is 6. The average molecular weight is 521 g/mol. The minimum absolute atomic E-state index is 0.142. The highest BCUT2D eigenvalue weighted by Crippen LogP contribution is 2.29. The maximum Gasteiger partial charge on any atom is 0.329 e. The quantitative estimate of drug-likeness (QED) is 0.258. The van der Waals surface area contributed by atoms with Gasteiger partial charge in [0.2, 0.25) is 0 Å². The second-order valence-corrected chi connectivity index (χ2v) is 7.91. The Hall–Kier alpha value is -2.87. The number of benzene rings is 3. The first kappa shape index (κ1) is 22.8. The van der Waals surface area contributed by atoms with Gasteiger partial charge in [-0.2, -0.15) is 5.10 Å². The van der Waals surface area contributed by atoms with E-state index in [0.717, 1.165) is 10.0 Å². The molecular formula is C22H16BrCl2N3O3. The molecule has 0 unspecified atom stereocenters. The van der Waals surface area contributed by atoms with Crippen molar-refractivity contribution in [3.63, 3.8) is 0 Å². The van der Waals surface area contributed by atoms with Crippen molar-refractivity contribution in [3.8, 4) is 5.75 Å². The van der Waals surface area contributed by atoms with Gasteiger partial charge in [0, 0.05) is 10.0 Å². The number of ether oxygens (including phenoxy) is 1. The van der Waals surface area contributed by atoms with E-state index in [1.807, 2.05) is 36.4 Å². The van der Waals surface area contributed by atoms with Gasteiger partial charge in [0.1, 0.15) is 12.4 Å². The lowest BCUT2D eigenvalue weighted by atomic mass is 10.2. The molecule has 3 rings (SSSR count). The van der Waals surface area contributed by atoms with Crippen LogP contribution < -0.4 is 15.5 Å². The third-order valence-electron chi connectivity index (χ3n) is 3.98. The van der Waals surface area contributed by atoms with Gasteiger partial charge in [0.15, 0.2) is 0 Å². The maximum absolute atomic E-state index is 12.1. The van der Waals surface area contributed by atoms with E-state index >= 15 is 0 Å². The fourth-order valence-corrected chi connectivity index (χ4v) is 3.20. The average Bonchev–Trinajstić information content (AvgIpc) is 2.77. The second kappa shape index (κ2) is 10.9. The summed E-state index contributed by atoms with van der Waals surface area (Å²) >= 11 is 15.3. The van der Waals surface area contributed by atoms with Crippen LogP contribution in [-0.4, -0.2) is 18.0 Å². The minimum Gasteiger partial charge on any atom is -0.488 e. The Bertz CT molecular complexity index is 1120. The molecule has 0 saturated heterocycles. The van der Waals surface area contributed by atoms with E-state index in [4.69, 9.17) is 27.9 Å². The van der Waals surface area contributed by atoms with Crippen molar-refractivity contribution in [1.82, 2.24) is 5.43 Å². The number of amides is 2. The van der Waals surface area contributed by atoms with Crippen molar-refractivity contribution in [2.75, 3.05) is 5.32 Å². The first-order chi connectivity index (χ1) is 14.9. The van der Waals surface area contributed by atoms with E-state index in [1.54, 1.807) is 24.3 Å². The summed E-state index contributed by atoms with van der Waals surface area (Å²) in [6, 6.07) is 19.8. The van der Waals surface area contributed by atoms with Crippen molar-refractivity contribution in [2.24, 2.45) is 5.10 Å². The largest absolute Gasteiger partial charge is 0.488 e. The number of hydrazone groups is 1. The number of hydrogen-bond acceptors (Lipinski definition) is 4. The summed E-state index contributed by atoms with van der Waals surface area (Å²) in [5.74, 6) is -1.33. The SMILES string of the molecule is O=C(N/N=C/c1cc(Br)ccc1OCc1ccccc1)C(=O)Nc1cccc(Cl)c1Cl. The Morgan fingerprint density at radius 2 is 1.77 bits per heavy atom. The fourth-order valence-electron chi connectivity index (χ4n) is 2.48. The molecule has 0 radical (unpaired) electrons. The highest BCUT2D eigenvalue weighted by molar-refractivity contribution is 9.10. The van der Waals surface area contributed by atoms with Gasteiger partial charge < -0.3 is 10.1 Å². The molecule has 2 N–H and O–H groups in total. The third kappa shape index (κ3) is 6.55. The van der Waals surface area contributed by atoms with Crippen molar-refractivity contribution in [3.05, 3.63) is 92.4 Å². The van der Waals surface area contributed by atoms with Crippen LogP contribution in [-0.2, 0) is 16.2 Å². The highest BCUT2D eigenvalue weighted by Gasteiger charge is 2.15. The van der Waals surface area contributed by atoms with E-state index in [2.05, 4.69) is 31.8 Å². The molecule has 158 valence electrons. The lowest BCUT2D eigenvalue weighted by molar-refractivity contribution is -0.136. The van der Waals surface area contributed by atoms with Crippen molar-refractivity contribution >= 4 is 62.8 Å². The van der Waals surface area contributed by atoms with Crippen LogP contribution in [0.4, 0.5) is 5.69 Å². The molecule has 0 aromatic heterocycles. The Morgan fingerprint density at radius 3 is 2.55 bits per heavy atom. The molecule has 2 amide bonds. The number of nitrogens with zero attached hydrogens (tertiary/aromatic N) is 1. The zero-order chi connectivity index (χ0) is 22.2. The molecule has 0 spiro atoms. The summed E-state index contributed by atoms with van der Waals surface area (Å²) in [7, 11) is 0. The number of halogens is 3. The van der Waals surface area contributed by atoms with E-state index in [0.29, 0.717) is 17.9 Å². The van der Waals surface area contributed by atoms with Crippen LogP contribution in [0.1, 0.15) is 11.1 Å². The topological polar surface area (TPSA) is 79.8 Å². The standard InChI is InChI=1S/C22H16BrCl2N3O3/c23-16-9-10-19(31-13-14-5-2-1-3-6-14)15(11-16)12-26-28-22(30)21(29)27-18-8-4-7-17(24)20(18)25/h1-12H,13H2,(H,27,29)(H,28,30)/b26-12+. The predicted octanol–water partition coefficient (Wildman–Crippen LogP) is 5.42. The first-order valence-corrected chi connectivity index (χ1v) is 10.5. The fraction of sp³-hybridized carbons (Fsp3) is 0.0455. The van der Waals surface area contributed by atoms with Crippen LogP contribution in [0.2, 0.25) is 10.0 Å². The van der Waals surface area contributed by atoms with E-state index in [9.17, 15) is 9.59 Å². The van der Waals surface area contributed by atoms with E-state index in [1.165, 1.54) is 12.3 Å². The van der Waals surface area contributed by atoms with Crippen LogP contribution in [0, 0.1) is 0 Å². The number of anilines is 1.